The van der Waals surface area contributed by atoms with E-state index >= 15 is 0 Å². The molecule has 13 heavy (non-hydrogen) atoms. The van der Waals surface area contributed by atoms with Gasteiger partial charge in [-0.25, -0.2) is 5.84 Å². The first-order valence-electron chi connectivity index (χ1n) is 3.67. The standard InChI is InChI=1S/C6H12F3N3O/c1-2-12(3-5(13)11-10)4-6(7,8)9/h2-4,10H2,1H3,(H,11,13). The molecule has 0 saturated carbocycles. The lowest BCUT2D eigenvalue weighted by Gasteiger charge is -2.20. The lowest BCUT2D eigenvalue weighted by molar-refractivity contribution is -0.148. The molecule has 0 saturated heterocycles. The van der Waals surface area contributed by atoms with E-state index in [2.05, 4.69) is 0 Å². The Kier molecular flexibility index (Phi) is 4.71. The minimum atomic E-state index is -4.29. The van der Waals surface area contributed by atoms with Crippen molar-refractivity contribution < 1.29 is 18.0 Å². The van der Waals surface area contributed by atoms with E-state index in [1.165, 1.54) is 6.92 Å². The summed E-state index contributed by atoms with van der Waals surface area (Å²) in [6, 6.07) is 0. The number of carbonyl (C=O) groups excluding carboxylic acids is 1. The van der Waals surface area contributed by atoms with Gasteiger partial charge in [0, 0.05) is 0 Å². The number of nitrogens with one attached hydrogen (secondary N) is 1. The predicted molar refractivity (Wildman–Crippen MR) is 40.5 cm³/mol. The number of halogens is 3. The van der Waals surface area contributed by atoms with Gasteiger partial charge in [0.2, 0.25) is 5.91 Å². The number of nitrogens with two attached hydrogens (primary N) is 1. The van der Waals surface area contributed by atoms with Crippen LogP contribution in [0.5, 0.6) is 0 Å². The van der Waals surface area contributed by atoms with Crippen LogP contribution < -0.4 is 11.3 Å². The molecule has 0 aromatic heterocycles. The van der Waals surface area contributed by atoms with Crippen LogP contribution in [0.2, 0.25) is 0 Å². The monoisotopic (exact) mass is 199 g/mol. The molecule has 7 heteroatoms. The second kappa shape index (κ2) is 5.03. The number of alkyl halides is 3. The Morgan fingerprint density at radius 3 is 2.38 bits per heavy atom. The second-order valence-electron chi connectivity index (χ2n) is 2.49. The Morgan fingerprint density at radius 1 is 1.54 bits per heavy atom. The number of amides is 1. The molecule has 0 unspecified atom stereocenters. The third kappa shape index (κ3) is 6.35. The van der Waals surface area contributed by atoms with Crippen LogP contribution in [-0.2, 0) is 4.79 Å². The minimum absolute atomic E-state index is 0.146. The second-order valence-corrected chi connectivity index (χ2v) is 2.49. The molecule has 0 aliphatic carbocycles. The molecule has 0 atom stereocenters. The van der Waals surface area contributed by atoms with Gasteiger partial charge in [0.15, 0.2) is 0 Å². The Balaban J connectivity index is 3.97. The predicted octanol–water partition coefficient (Wildman–Crippen LogP) is -0.140. The van der Waals surface area contributed by atoms with E-state index in [9.17, 15) is 18.0 Å². The highest BCUT2D eigenvalue weighted by atomic mass is 19.4. The fraction of sp³-hybridized carbons (Fsp3) is 0.833. The maximum atomic E-state index is 11.8. The van der Waals surface area contributed by atoms with E-state index in [1.807, 2.05) is 0 Å². The molecule has 0 aliphatic rings. The lowest BCUT2D eigenvalue weighted by atomic mass is 10.4. The van der Waals surface area contributed by atoms with Gasteiger partial charge in [-0.1, -0.05) is 6.92 Å². The highest BCUT2D eigenvalue weighted by Gasteiger charge is 2.30. The van der Waals surface area contributed by atoms with Crippen molar-refractivity contribution in [1.29, 1.82) is 0 Å². The summed E-state index contributed by atoms with van der Waals surface area (Å²) >= 11 is 0. The lowest BCUT2D eigenvalue weighted by Crippen LogP contribution is -2.43. The number of rotatable bonds is 4. The van der Waals surface area contributed by atoms with Crippen LogP contribution in [0.25, 0.3) is 0 Å². The van der Waals surface area contributed by atoms with E-state index in [0.29, 0.717) is 0 Å². The van der Waals surface area contributed by atoms with Crippen molar-refractivity contribution in [3.8, 4) is 0 Å². The van der Waals surface area contributed by atoms with E-state index in [1.54, 1.807) is 5.43 Å². The summed E-state index contributed by atoms with van der Waals surface area (Å²) in [6.45, 7) is 0.242. The normalized spacial score (nSPS) is 11.8. The van der Waals surface area contributed by atoms with Crippen molar-refractivity contribution in [2.75, 3.05) is 19.6 Å². The van der Waals surface area contributed by atoms with Crippen molar-refractivity contribution in [3.63, 3.8) is 0 Å². The van der Waals surface area contributed by atoms with Gasteiger partial charge >= 0.3 is 6.18 Å². The molecule has 0 bridgehead atoms. The Hall–Kier alpha value is -0.820. The smallest absolute Gasteiger partial charge is 0.293 e. The quantitative estimate of drug-likeness (QED) is 0.376. The fourth-order valence-corrected chi connectivity index (χ4v) is 0.782. The SMILES string of the molecule is CCN(CC(=O)NN)CC(F)(F)F. The molecule has 0 heterocycles. The summed E-state index contributed by atoms with van der Waals surface area (Å²) < 4.78 is 35.5. The number of hydrogen-bond donors (Lipinski definition) is 2. The number of nitrogens with zero attached hydrogens (tertiary/aromatic N) is 1. The van der Waals surface area contributed by atoms with E-state index in [-0.39, 0.29) is 13.1 Å². The molecule has 0 spiro atoms. The molecule has 4 nitrogen and oxygen atoms in total. The molecule has 78 valence electrons. The largest absolute Gasteiger partial charge is 0.401 e. The van der Waals surface area contributed by atoms with Gasteiger partial charge in [0.25, 0.3) is 0 Å². The zero-order valence-electron chi connectivity index (χ0n) is 7.19. The van der Waals surface area contributed by atoms with Gasteiger partial charge in [-0.3, -0.25) is 15.1 Å². The molecule has 1 amide bonds. The number of hydrogen-bond acceptors (Lipinski definition) is 3. The summed E-state index contributed by atoms with van der Waals surface area (Å²) in [5.74, 6) is 4.10. The zero-order chi connectivity index (χ0) is 10.5. The molecule has 0 aromatic carbocycles. The Labute approximate surface area is 73.8 Å². The van der Waals surface area contributed by atoms with Crippen LogP contribution in [0.15, 0.2) is 0 Å². The van der Waals surface area contributed by atoms with Crippen molar-refractivity contribution in [2.24, 2.45) is 5.84 Å². The van der Waals surface area contributed by atoms with Gasteiger partial charge in [0.1, 0.15) is 0 Å². The van der Waals surface area contributed by atoms with Crippen molar-refractivity contribution >= 4 is 5.91 Å². The van der Waals surface area contributed by atoms with Crippen LogP contribution in [0.3, 0.4) is 0 Å². The Bertz CT molecular complexity index is 171. The minimum Gasteiger partial charge on any atom is -0.293 e. The molecule has 0 rings (SSSR count). The molecular formula is C6H12F3N3O. The summed E-state index contributed by atoms with van der Waals surface area (Å²) in [7, 11) is 0. The molecule has 0 aromatic rings. The zero-order valence-corrected chi connectivity index (χ0v) is 7.19. The third-order valence-corrected chi connectivity index (χ3v) is 1.38. The summed E-state index contributed by atoms with van der Waals surface area (Å²) in [5.41, 5.74) is 1.77. The van der Waals surface area contributed by atoms with Crippen LogP contribution in [0.4, 0.5) is 13.2 Å². The highest BCUT2D eigenvalue weighted by molar-refractivity contribution is 5.77. The van der Waals surface area contributed by atoms with Crippen LogP contribution in [0.1, 0.15) is 6.92 Å². The average Bonchev–Trinajstić information content (AvgIpc) is 2.00. The highest BCUT2D eigenvalue weighted by Crippen LogP contribution is 2.15. The molecule has 0 radical (unpaired) electrons. The first-order valence-corrected chi connectivity index (χ1v) is 3.67. The van der Waals surface area contributed by atoms with E-state index < -0.39 is 18.6 Å². The third-order valence-electron chi connectivity index (χ3n) is 1.38. The van der Waals surface area contributed by atoms with Gasteiger partial charge in [0.05, 0.1) is 13.1 Å². The van der Waals surface area contributed by atoms with Crippen molar-refractivity contribution in [3.05, 3.63) is 0 Å². The summed E-state index contributed by atoms with van der Waals surface area (Å²) in [6.07, 6.45) is -4.29. The topological polar surface area (TPSA) is 58.4 Å². The van der Waals surface area contributed by atoms with Crippen LogP contribution >= 0.6 is 0 Å². The van der Waals surface area contributed by atoms with Gasteiger partial charge in [-0.15, -0.1) is 0 Å². The molecule has 3 N–H and O–H groups in total. The van der Waals surface area contributed by atoms with Crippen LogP contribution in [-0.4, -0.2) is 36.6 Å². The summed E-state index contributed by atoms with van der Waals surface area (Å²) in [5, 5.41) is 0. The van der Waals surface area contributed by atoms with Crippen molar-refractivity contribution in [2.45, 2.75) is 13.1 Å². The van der Waals surface area contributed by atoms with Gasteiger partial charge in [-0.2, -0.15) is 13.2 Å². The van der Waals surface area contributed by atoms with Gasteiger partial charge < -0.3 is 0 Å². The van der Waals surface area contributed by atoms with E-state index in [4.69, 9.17) is 5.84 Å². The number of likely N-dealkylation sites (N-methyl/N-ethyl adjacent to an activating group) is 1. The first kappa shape index (κ1) is 12.2. The number of hydrazine groups is 1. The first-order chi connectivity index (χ1) is 5.89. The van der Waals surface area contributed by atoms with E-state index in [0.717, 1.165) is 4.90 Å². The molecular weight excluding hydrogens is 187 g/mol. The maximum absolute atomic E-state index is 11.8. The maximum Gasteiger partial charge on any atom is 0.401 e. The molecule has 0 aliphatic heterocycles. The van der Waals surface area contributed by atoms with Crippen molar-refractivity contribution in [1.82, 2.24) is 10.3 Å². The molecule has 0 fully saturated rings. The summed E-state index contributed by atoms with van der Waals surface area (Å²) in [4.78, 5) is 11.6. The Morgan fingerprint density at radius 2 is 2.08 bits per heavy atom. The van der Waals surface area contributed by atoms with Gasteiger partial charge in [-0.05, 0) is 6.54 Å². The van der Waals surface area contributed by atoms with Crippen LogP contribution in [0, 0.1) is 0 Å². The fourth-order valence-electron chi connectivity index (χ4n) is 0.782. The number of carbonyl (C=O) groups is 1. The average molecular weight is 199 g/mol.